The summed E-state index contributed by atoms with van der Waals surface area (Å²) in [5, 5.41) is 10.1. The van der Waals surface area contributed by atoms with Crippen LogP contribution in [-0.2, 0) is 5.88 Å². The number of nitrogens with zero attached hydrogens (tertiary/aromatic N) is 1. The summed E-state index contributed by atoms with van der Waals surface area (Å²) in [7, 11) is 0. The first-order valence-electron chi connectivity index (χ1n) is 4.25. The molecule has 0 saturated carbocycles. The summed E-state index contributed by atoms with van der Waals surface area (Å²) in [5.74, 6) is 0.410. The summed E-state index contributed by atoms with van der Waals surface area (Å²) in [6.45, 7) is 2.05. The molecule has 0 bridgehead atoms. The number of hydrogen-bond acceptors (Lipinski definition) is 2. The molecule has 1 aromatic heterocycles. The van der Waals surface area contributed by atoms with E-state index in [9.17, 15) is 0 Å². The first-order chi connectivity index (χ1) is 6.77. The molecule has 0 aliphatic carbocycles. The Morgan fingerprint density at radius 1 is 1.50 bits per heavy atom. The van der Waals surface area contributed by atoms with Crippen molar-refractivity contribution in [3.05, 3.63) is 34.2 Å². The van der Waals surface area contributed by atoms with Crippen molar-refractivity contribution < 1.29 is 0 Å². The van der Waals surface area contributed by atoms with Gasteiger partial charge in [0.2, 0.25) is 0 Å². The van der Waals surface area contributed by atoms with Gasteiger partial charge in [0.25, 0.3) is 0 Å². The Morgan fingerprint density at radius 3 is 2.93 bits per heavy atom. The minimum Gasteiger partial charge on any atom is -0.192 e. The number of alkyl halides is 1. The monoisotopic (exact) mass is 221 g/mol. The van der Waals surface area contributed by atoms with Crippen LogP contribution in [0.5, 0.6) is 0 Å². The van der Waals surface area contributed by atoms with E-state index in [1.54, 1.807) is 0 Å². The topological polar surface area (TPSA) is 23.8 Å². The van der Waals surface area contributed by atoms with Crippen LogP contribution in [0.3, 0.4) is 0 Å². The number of aryl methyl sites for hydroxylation is 1. The van der Waals surface area contributed by atoms with E-state index in [1.807, 2.05) is 25.1 Å². The van der Waals surface area contributed by atoms with E-state index in [4.69, 9.17) is 16.9 Å². The lowest BCUT2D eigenvalue weighted by Gasteiger charge is -1.97. The summed E-state index contributed by atoms with van der Waals surface area (Å²) in [6, 6.07) is 8.28. The van der Waals surface area contributed by atoms with Crippen molar-refractivity contribution in [3.8, 4) is 6.07 Å². The molecule has 0 amide bonds. The zero-order valence-electron chi connectivity index (χ0n) is 7.67. The molecule has 1 heterocycles. The summed E-state index contributed by atoms with van der Waals surface area (Å²) in [4.78, 5) is 0.740. The second-order valence-corrected chi connectivity index (χ2v) is 4.42. The van der Waals surface area contributed by atoms with Crippen LogP contribution in [0.15, 0.2) is 18.2 Å². The molecule has 2 rings (SSSR count). The lowest BCUT2D eigenvalue weighted by Crippen LogP contribution is -1.81. The van der Waals surface area contributed by atoms with Crippen molar-refractivity contribution in [1.29, 1.82) is 5.26 Å². The normalized spacial score (nSPS) is 10.4. The smallest absolute Gasteiger partial charge is 0.110 e. The zero-order valence-corrected chi connectivity index (χ0v) is 9.25. The molecule has 3 heteroatoms. The van der Waals surface area contributed by atoms with Gasteiger partial charge in [-0.25, -0.2) is 0 Å². The Kier molecular flexibility index (Phi) is 2.45. The van der Waals surface area contributed by atoms with E-state index in [-0.39, 0.29) is 0 Å². The van der Waals surface area contributed by atoms with Gasteiger partial charge in [-0.1, -0.05) is 12.1 Å². The maximum absolute atomic E-state index is 8.94. The minimum absolute atomic E-state index is 0.410. The molecule has 0 saturated heterocycles. The molecule has 0 atom stereocenters. The number of nitriles is 1. The third kappa shape index (κ3) is 1.30. The molecule has 1 nitrogen and oxygen atoms in total. The molecular weight excluding hydrogens is 214 g/mol. The van der Waals surface area contributed by atoms with Gasteiger partial charge in [0.15, 0.2) is 0 Å². The lowest BCUT2D eigenvalue weighted by molar-refractivity contribution is 1.42. The average Bonchev–Trinajstić information content (AvgIpc) is 2.56. The second-order valence-electron chi connectivity index (χ2n) is 3.10. The second kappa shape index (κ2) is 3.61. The standard InChI is InChI=1S/C11H8ClNS/c1-7-3-2-4-9-11(7)8(5-12)10(6-13)14-9/h2-4H,5H2,1H3. The Bertz CT molecular complexity index is 522. The average molecular weight is 222 g/mol. The lowest BCUT2D eigenvalue weighted by atomic mass is 10.1. The number of thiophene rings is 1. The van der Waals surface area contributed by atoms with Crippen molar-refractivity contribution in [2.45, 2.75) is 12.8 Å². The number of benzene rings is 1. The summed E-state index contributed by atoms with van der Waals surface area (Å²) < 4.78 is 1.15. The Balaban J connectivity index is 2.90. The molecular formula is C11H8ClNS. The molecule has 70 valence electrons. The van der Waals surface area contributed by atoms with Gasteiger partial charge in [-0.3, -0.25) is 0 Å². The molecule has 0 N–H and O–H groups in total. The highest BCUT2D eigenvalue weighted by atomic mass is 35.5. The molecule has 0 spiro atoms. The molecule has 0 radical (unpaired) electrons. The van der Waals surface area contributed by atoms with Crippen LogP contribution in [-0.4, -0.2) is 0 Å². The van der Waals surface area contributed by atoms with Gasteiger partial charge in [-0.15, -0.1) is 22.9 Å². The fourth-order valence-corrected chi connectivity index (χ4v) is 3.06. The van der Waals surface area contributed by atoms with Gasteiger partial charge in [-0.05, 0) is 18.6 Å². The van der Waals surface area contributed by atoms with E-state index < -0.39 is 0 Å². The number of rotatable bonds is 1. The van der Waals surface area contributed by atoms with E-state index >= 15 is 0 Å². The van der Waals surface area contributed by atoms with Crippen LogP contribution < -0.4 is 0 Å². The van der Waals surface area contributed by atoms with Crippen LogP contribution in [0.1, 0.15) is 16.0 Å². The van der Waals surface area contributed by atoms with Crippen molar-refractivity contribution in [1.82, 2.24) is 0 Å². The van der Waals surface area contributed by atoms with Crippen LogP contribution in [0.2, 0.25) is 0 Å². The van der Waals surface area contributed by atoms with Crippen LogP contribution in [0.25, 0.3) is 10.1 Å². The van der Waals surface area contributed by atoms with Crippen LogP contribution in [0.4, 0.5) is 0 Å². The largest absolute Gasteiger partial charge is 0.192 e. The summed E-state index contributed by atoms with van der Waals surface area (Å²) in [6.07, 6.45) is 0. The van der Waals surface area contributed by atoms with Gasteiger partial charge in [-0.2, -0.15) is 5.26 Å². The quantitative estimate of drug-likeness (QED) is 0.672. The van der Waals surface area contributed by atoms with E-state index in [1.165, 1.54) is 16.9 Å². The fraction of sp³-hybridized carbons (Fsp3) is 0.182. The van der Waals surface area contributed by atoms with Gasteiger partial charge in [0.05, 0.1) is 5.88 Å². The number of halogens is 1. The van der Waals surface area contributed by atoms with Crippen molar-refractivity contribution in [2.24, 2.45) is 0 Å². The highest BCUT2D eigenvalue weighted by Crippen LogP contribution is 2.33. The zero-order chi connectivity index (χ0) is 10.1. The molecule has 0 unspecified atom stereocenters. The molecule has 14 heavy (non-hydrogen) atoms. The maximum atomic E-state index is 8.94. The molecule has 0 fully saturated rings. The molecule has 0 aliphatic rings. The Morgan fingerprint density at radius 2 is 2.29 bits per heavy atom. The van der Waals surface area contributed by atoms with Gasteiger partial charge in [0, 0.05) is 15.6 Å². The predicted octanol–water partition coefficient (Wildman–Crippen LogP) is 3.82. The molecule has 1 aromatic carbocycles. The third-order valence-electron chi connectivity index (χ3n) is 2.26. The number of hydrogen-bond donors (Lipinski definition) is 0. The van der Waals surface area contributed by atoms with E-state index in [2.05, 4.69) is 6.07 Å². The van der Waals surface area contributed by atoms with Crippen LogP contribution in [0, 0.1) is 18.3 Å². The Hall–Kier alpha value is -1.04. The van der Waals surface area contributed by atoms with E-state index in [0.717, 1.165) is 20.5 Å². The summed E-state index contributed by atoms with van der Waals surface area (Å²) >= 11 is 7.38. The SMILES string of the molecule is Cc1cccc2sc(C#N)c(CCl)c12. The predicted molar refractivity (Wildman–Crippen MR) is 60.8 cm³/mol. The molecule has 2 aromatic rings. The van der Waals surface area contributed by atoms with Crippen molar-refractivity contribution in [3.63, 3.8) is 0 Å². The summed E-state index contributed by atoms with van der Waals surface area (Å²) in [5.41, 5.74) is 2.17. The van der Waals surface area contributed by atoms with Crippen LogP contribution >= 0.6 is 22.9 Å². The fourth-order valence-electron chi connectivity index (χ4n) is 1.62. The highest BCUT2D eigenvalue weighted by molar-refractivity contribution is 7.19. The first kappa shape index (κ1) is 9.51. The van der Waals surface area contributed by atoms with Crippen molar-refractivity contribution in [2.75, 3.05) is 0 Å². The maximum Gasteiger partial charge on any atom is 0.110 e. The van der Waals surface area contributed by atoms with Gasteiger partial charge >= 0.3 is 0 Å². The third-order valence-corrected chi connectivity index (χ3v) is 3.63. The van der Waals surface area contributed by atoms with Gasteiger partial charge in [0.1, 0.15) is 10.9 Å². The Labute approximate surface area is 91.5 Å². The number of fused-ring (bicyclic) bond motifs is 1. The molecule has 0 aliphatic heterocycles. The first-order valence-corrected chi connectivity index (χ1v) is 5.60. The minimum atomic E-state index is 0.410. The van der Waals surface area contributed by atoms with E-state index in [0.29, 0.717) is 5.88 Å². The highest BCUT2D eigenvalue weighted by Gasteiger charge is 2.11. The van der Waals surface area contributed by atoms with Crippen molar-refractivity contribution >= 4 is 33.0 Å². The van der Waals surface area contributed by atoms with Gasteiger partial charge < -0.3 is 0 Å².